The zero-order chi connectivity index (χ0) is 15.8. The van der Waals surface area contributed by atoms with Gasteiger partial charge in [-0.25, -0.2) is 5.84 Å². The van der Waals surface area contributed by atoms with Crippen molar-refractivity contribution in [2.45, 2.75) is 40.0 Å². The molecule has 6 nitrogen and oxygen atoms in total. The molecule has 0 saturated carbocycles. The number of hydrogen-bond acceptors (Lipinski definition) is 4. The van der Waals surface area contributed by atoms with Crippen molar-refractivity contribution in [1.29, 1.82) is 0 Å². The third-order valence-corrected chi connectivity index (χ3v) is 4.43. The lowest BCUT2D eigenvalue weighted by Crippen LogP contribution is -2.47. The predicted molar refractivity (Wildman–Crippen MR) is 83.2 cm³/mol. The highest BCUT2D eigenvalue weighted by Gasteiger charge is 2.27. The number of hydrazine groups is 1. The number of amides is 2. The highest BCUT2D eigenvalue weighted by atomic mass is 16.2. The van der Waals surface area contributed by atoms with E-state index in [-0.39, 0.29) is 17.7 Å². The Bertz CT molecular complexity index is 341. The van der Waals surface area contributed by atoms with Crippen LogP contribution in [0.15, 0.2) is 0 Å². The van der Waals surface area contributed by atoms with Crippen molar-refractivity contribution in [2.75, 3.05) is 32.7 Å². The molecule has 1 atom stereocenters. The van der Waals surface area contributed by atoms with E-state index in [9.17, 15) is 9.59 Å². The number of nitrogens with zero attached hydrogens (tertiary/aromatic N) is 2. The van der Waals surface area contributed by atoms with Gasteiger partial charge in [-0.2, -0.15) is 0 Å². The first-order chi connectivity index (χ1) is 10.0. The molecule has 0 aromatic heterocycles. The average Bonchev–Trinajstić information content (AvgIpc) is 2.53. The molecule has 0 aromatic carbocycles. The molecule has 1 fully saturated rings. The molecule has 3 N–H and O–H groups in total. The summed E-state index contributed by atoms with van der Waals surface area (Å²) >= 11 is 0. The van der Waals surface area contributed by atoms with Gasteiger partial charge in [0.1, 0.15) is 0 Å². The Morgan fingerprint density at radius 1 is 1.33 bits per heavy atom. The summed E-state index contributed by atoms with van der Waals surface area (Å²) in [5.41, 5.74) is 2.20. The topological polar surface area (TPSA) is 78.7 Å². The molecule has 1 aliphatic rings. The van der Waals surface area contributed by atoms with E-state index in [0.717, 1.165) is 19.5 Å². The molecule has 1 heterocycles. The van der Waals surface area contributed by atoms with Crippen LogP contribution in [0, 0.1) is 11.8 Å². The van der Waals surface area contributed by atoms with E-state index < -0.39 is 0 Å². The fourth-order valence-corrected chi connectivity index (χ4v) is 2.68. The number of likely N-dealkylation sites (tertiary alicyclic amines) is 1. The number of carbonyl (C=O) groups excluding carboxylic acids is 2. The molecule has 0 spiro atoms. The lowest BCUT2D eigenvalue weighted by Gasteiger charge is -2.33. The Hall–Kier alpha value is -1.14. The number of rotatable bonds is 7. The minimum Gasteiger partial charge on any atom is -0.342 e. The monoisotopic (exact) mass is 298 g/mol. The molecular formula is C15H30N4O2. The van der Waals surface area contributed by atoms with Gasteiger partial charge in [0.15, 0.2) is 0 Å². The Balaban J connectivity index is 2.40. The molecule has 1 rings (SSSR count). The summed E-state index contributed by atoms with van der Waals surface area (Å²) in [7, 11) is 0. The van der Waals surface area contributed by atoms with Gasteiger partial charge >= 0.3 is 0 Å². The first-order valence-corrected chi connectivity index (χ1v) is 8.02. The fourth-order valence-electron chi connectivity index (χ4n) is 2.68. The second-order valence-corrected chi connectivity index (χ2v) is 6.00. The molecule has 2 amide bonds. The van der Waals surface area contributed by atoms with Crippen molar-refractivity contribution >= 4 is 11.8 Å². The maximum absolute atomic E-state index is 12.3. The summed E-state index contributed by atoms with van der Waals surface area (Å²) < 4.78 is 0. The highest BCUT2D eigenvalue weighted by molar-refractivity contribution is 5.80. The molecule has 0 radical (unpaired) electrons. The predicted octanol–water partition coefficient (Wildman–Crippen LogP) is 0.583. The highest BCUT2D eigenvalue weighted by Crippen LogP contribution is 2.17. The van der Waals surface area contributed by atoms with Gasteiger partial charge in [-0.1, -0.05) is 27.2 Å². The van der Waals surface area contributed by atoms with E-state index in [4.69, 9.17) is 5.84 Å². The molecular weight excluding hydrogens is 268 g/mol. The van der Waals surface area contributed by atoms with Crippen LogP contribution in [0.25, 0.3) is 0 Å². The lowest BCUT2D eigenvalue weighted by molar-refractivity contribution is -0.136. The van der Waals surface area contributed by atoms with Gasteiger partial charge in [0.05, 0.1) is 6.54 Å². The summed E-state index contributed by atoms with van der Waals surface area (Å²) in [6, 6.07) is 0. The average molecular weight is 298 g/mol. The minimum atomic E-state index is -0.117. The summed E-state index contributed by atoms with van der Waals surface area (Å²) in [5, 5.41) is 0. The van der Waals surface area contributed by atoms with Gasteiger partial charge < -0.3 is 4.90 Å². The second-order valence-electron chi connectivity index (χ2n) is 6.00. The first kappa shape index (κ1) is 17.9. The zero-order valence-corrected chi connectivity index (χ0v) is 13.6. The van der Waals surface area contributed by atoms with Crippen LogP contribution in [0.1, 0.15) is 40.0 Å². The lowest BCUT2D eigenvalue weighted by atomic mass is 9.96. The van der Waals surface area contributed by atoms with E-state index in [1.807, 2.05) is 4.90 Å². The Morgan fingerprint density at radius 3 is 2.43 bits per heavy atom. The van der Waals surface area contributed by atoms with Crippen LogP contribution in [-0.4, -0.2) is 54.3 Å². The van der Waals surface area contributed by atoms with Crippen LogP contribution in [0.2, 0.25) is 0 Å². The number of likely N-dealkylation sites (N-methyl/N-ethyl adjacent to an activating group) is 1. The maximum Gasteiger partial charge on any atom is 0.237 e. The summed E-state index contributed by atoms with van der Waals surface area (Å²) in [4.78, 5) is 27.9. The van der Waals surface area contributed by atoms with Crippen LogP contribution < -0.4 is 11.3 Å². The molecule has 21 heavy (non-hydrogen) atoms. The molecule has 0 aliphatic carbocycles. The second kappa shape index (κ2) is 9.00. The van der Waals surface area contributed by atoms with E-state index in [1.54, 1.807) is 0 Å². The summed E-state index contributed by atoms with van der Waals surface area (Å²) in [6.07, 6.45) is 2.53. The van der Waals surface area contributed by atoms with E-state index in [2.05, 4.69) is 31.1 Å². The number of nitrogens with one attached hydrogen (secondary N) is 1. The van der Waals surface area contributed by atoms with Crippen molar-refractivity contribution < 1.29 is 9.59 Å². The molecule has 0 bridgehead atoms. The van der Waals surface area contributed by atoms with Crippen molar-refractivity contribution in [1.82, 2.24) is 15.2 Å². The third kappa shape index (κ3) is 5.63. The molecule has 1 aliphatic heterocycles. The van der Waals surface area contributed by atoms with Gasteiger partial charge in [0.25, 0.3) is 0 Å². The zero-order valence-electron chi connectivity index (χ0n) is 13.6. The molecule has 122 valence electrons. The largest absolute Gasteiger partial charge is 0.342 e. The third-order valence-electron chi connectivity index (χ3n) is 4.43. The molecule has 6 heteroatoms. The first-order valence-electron chi connectivity index (χ1n) is 8.02. The van der Waals surface area contributed by atoms with Crippen LogP contribution >= 0.6 is 0 Å². The maximum atomic E-state index is 12.3. The molecule has 0 aromatic rings. The smallest absolute Gasteiger partial charge is 0.237 e. The minimum absolute atomic E-state index is 0.0542. The van der Waals surface area contributed by atoms with Gasteiger partial charge in [-0.05, 0) is 25.3 Å². The standard InChI is InChI=1S/C15H30N4O2/c1-4-12(3)10-18(5-2)11-14(20)19-8-6-13(7-9-19)15(21)17-16/h12-13H,4-11,16H2,1-3H3,(H,17,21). The van der Waals surface area contributed by atoms with Gasteiger partial charge in [0, 0.05) is 25.6 Å². The van der Waals surface area contributed by atoms with Crippen LogP contribution in [0.5, 0.6) is 0 Å². The Labute approximate surface area is 128 Å². The van der Waals surface area contributed by atoms with Crippen molar-refractivity contribution in [3.8, 4) is 0 Å². The van der Waals surface area contributed by atoms with Crippen LogP contribution in [-0.2, 0) is 9.59 Å². The number of carbonyl (C=O) groups is 2. The van der Waals surface area contributed by atoms with E-state index in [0.29, 0.717) is 38.4 Å². The number of nitrogens with two attached hydrogens (primary N) is 1. The van der Waals surface area contributed by atoms with E-state index >= 15 is 0 Å². The van der Waals surface area contributed by atoms with Crippen molar-refractivity contribution in [3.05, 3.63) is 0 Å². The van der Waals surface area contributed by atoms with Crippen LogP contribution in [0.4, 0.5) is 0 Å². The SMILES string of the molecule is CCC(C)CN(CC)CC(=O)N1CCC(C(=O)NN)CC1. The molecule has 1 saturated heterocycles. The van der Waals surface area contributed by atoms with Gasteiger partial charge in [0.2, 0.25) is 11.8 Å². The summed E-state index contributed by atoms with van der Waals surface area (Å²) in [6.45, 7) is 10.1. The Morgan fingerprint density at radius 2 is 1.95 bits per heavy atom. The fraction of sp³-hybridized carbons (Fsp3) is 0.867. The summed E-state index contributed by atoms with van der Waals surface area (Å²) in [5.74, 6) is 5.76. The normalized spacial score (nSPS) is 17.9. The number of piperidine rings is 1. The van der Waals surface area contributed by atoms with Gasteiger partial charge in [-0.3, -0.25) is 19.9 Å². The Kier molecular flexibility index (Phi) is 7.67. The van der Waals surface area contributed by atoms with Crippen LogP contribution in [0.3, 0.4) is 0 Å². The molecule has 1 unspecified atom stereocenters. The number of hydrogen-bond donors (Lipinski definition) is 2. The van der Waals surface area contributed by atoms with Crippen molar-refractivity contribution in [2.24, 2.45) is 17.7 Å². The van der Waals surface area contributed by atoms with E-state index in [1.165, 1.54) is 0 Å². The van der Waals surface area contributed by atoms with Gasteiger partial charge in [-0.15, -0.1) is 0 Å². The van der Waals surface area contributed by atoms with Crippen molar-refractivity contribution in [3.63, 3.8) is 0 Å². The quantitative estimate of drug-likeness (QED) is 0.409.